The summed E-state index contributed by atoms with van der Waals surface area (Å²) >= 11 is 5.83. The van der Waals surface area contributed by atoms with Crippen LogP contribution in [-0.4, -0.2) is 19.5 Å². The minimum Gasteiger partial charge on any atom is -0.284 e. The van der Waals surface area contributed by atoms with Crippen molar-refractivity contribution in [2.75, 3.05) is 0 Å². The van der Waals surface area contributed by atoms with E-state index in [1.54, 1.807) is 36.7 Å². The van der Waals surface area contributed by atoms with Crippen molar-refractivity contribution in [3.8, 4) is 17.7 Å². The number of halogens is 4. The Bertz CT molecular complexity index is 1070. The van der Waals surface area contributed by atoms with Gasteiger partial charge in [-0.15, -0.1) is 0 Å². The molecule has 27 heavy (non-hydrogen) atoms. The smallest absolute Gasteiger partial charge is 0.284 e. The minimum atomic E-state index is -4.45. The maximum absolute atomic E-state index is 13.1. The molecule has 0 aliphatic rings. The molecule has 0 fully saturated rings. The number of hydrogen-bond acceptors (Lipinski definition) is 3. The average Bonchev–Trinajstić information content (AvgIpc) is 2.85. The lowest BCUT2D eigenvalue weighted by atomic mass is 10.2. The molecule has 138 valence electrons. The fourth-order valence-electron chi connectivity index (χ4n) is 2.64. The Morgan fingerprint density at radius 1 is 1.04 bits per heavy atom. The molecule has 0 aromatic carbocycles. The first kappa shape index (κ1) is 18.9. The van der Waals surface area contributed by atoms with E-state index in [4.69, 9.17) is 11.6 Å². The molecule has 0 saturated carbocycles. The van der Waals surface area contributed by atoms with Crippen molar-refractivity contribution in [3.05, 3.63) is 69.6 Å². The lowest BCUT2D eigenvalue weighted by Crippen LogP contribution is -2.10. The van der Waals surface area contributed by atoms with Gasteiger partial charge in [0.05, 0.1) is 11.3 Å². The lowest BCUT2D eigenvalue weighted by Gasteiger charge is -2.12. The Labute approximate surface area is 159 Å². The molecule has 4 nitrogen and oxygen atoms in total. The van der Waals surface area contributed by atoms with Gasteiger partial charge in [0.2, 0.25) is 0 Å². The van der Waals surface area contributed by atoms with Crippen LogP contribution in [0.2, 0.25) is 5.15 Å². The molecule has 3 aromatic heterocycles. The van der Waals surface area contributed by atoms with Crippen LogP contribution in [0.15, 0.2) is 30.5 Å². The van der Waals surface area contributed by atoms with Gasteiger partial charge in [0, 0.05) is 17.5 Å². The highest BCUT2D eigenvalue weighted by atomic mass is 35.5. The molecule has 0 unspecified atom stereocenters. The number of nitrogens with zero attached hydrogens (tertiary/aromatic N) is 4. The Balaban J connectivity index is 2.07. The summed E-state index contributed by atoms with van der Waals surface area (Å²) < 4.78 is 40.9. The van der Waals surface area contributed by atoms with Crippen LogP contribution in [0.5, 0.6) is 0 Å². The number of aryl methyl sites for hydroxylation is 2. The van der Waals surface area contributed by atoms with Crippen LogP contribution in [-0.2, 0) is 6.18 Å². The molecule has 0 saturated heterocycles. The normalized spacial score (nSPS) is 11.2. The van der Waals surface area contributed by atoms with Gasteiger partial charge in [-0.1, -0.05) is 17.5 Å². The Hall–Kier alpha value is -2.85. The third-order valence-corrected chi connectivity index (χ3v) is 4.03. The largest absolute Gasteiger partial charge is 0.416 e. The van der Waals surface area contributed by atoms with Gasteiger partial charge in [-0.3, -0.25) is 4.57 Å². The fraction of sp³-hybridized carbons (Fsp3) is 0.211. The third kappa shape index (κ3) is 4.12. The minimum absolute atomic E-state index is 0.157. The van der Waals surface area contributed by atoms with Gasteiger partial charge in [-0.2, -0.15) is 13.2 Å². The van der Waals surface area contributed by atoms with Crippen LogP contribution < -0.4 is 0 Å². The topological polar surface area (TPSA) is 43.6 Å². The maximum Gasteiger partial charge on any atom is 0.416 e. The number of alkyl halides is 3. The number of rotatable bonds is 1. The van der Waals surface area contributed by atoms with E-state index in [-0.39, 0.29) is 11.5 Å². The molecule has 3 aromatic rings. The molecular weight excluding hydrogens is 377 g/mol. The van der Waals surface area contributed by atoms with Gasteiger partial charge >= 0.3 is 6.18 Å². The second-order valence-corrected chi connectivity index (χ2v) is 6.29. The van der Waals surface area contributed by atoms with Crippen LogP contribution in [0.4, 0.5) is 13.2 Å². The van der Waals surface area contributed by atoms with Crippen molar-refractivity contribution < 1.29 is 13.2 Å². The quantitative estimate of drug-likeness (QED) is 0.448. The zero-order chi connectivity index (χ0) is 19.8. The first-order valence-corrected chi connectivity index (χ1v) is 8.29. The predicted octanol–water partition coefficient (Wildman–Crippen LogP) is 4.66. The van der Waals surface area contributed by atoms with Crippen molar-refractivity contribution >= 4 is 11.6 Å². The number of imidazole rings is 1. The molecule has 0 aliphatic carbocycles. The predicted molar refractivity (Wildman–Crippen MR) is 95.8 cm³/mol. The molecule has 0 amide bonds. The Kier molecular flexibility index (Phi) is 4.94. The summed E-state index contributed by atoms with van der Waals surface area (Å²) in [4.78, 5) is 12.5. The molecule has 8 heteroatoms. The molecule has 0 bridgehead atoms. The van der Waals surface area contributed by atoms with Crippen molar-refractivity contribution in [1.29, 1.82) is 0 Å². The lowest BCUT2D eigenvalue weighted by molar-refractivity contribution is -0.137. The van der Waals surface area contributed by atoms with E-state index in [2.05, 4.69) is 26.8 Å². The molecule has 0 N–H and O–H groups in total. The van der Waals surface area contributed by atoms with Gasteiger partial charge in [0.25, 0.3) is 0 Å². The van der Waals surface area contributed by atoms with Crippen LogP contribution in [0.25, 0.3) is 5.82 Å². The summed E-state index contributed by atoms with van der Waals surface area (Å²) in [7, 11) is 0. The average molecular weight is 391 g/mol. The molecule has 0 atom stereocenters. The summed E-state index contributed by atoms with van der Waals surface area (Å²) in [6, 6.07) is 5.34. The molecule has 0 aliphatic heterocycles. The summed E-state index contributed by atoms with van der Waals surface area (Å²) in [6.07, 6.45) is -2.91. The molecular formula is C19H14ClF3N4. The molecule has 3 heterocycles. The van der Waals surface area contributed by atoms with Gasteiger partial charge in [-0.25, -0.2) is 15.0 Å². The van der Waals surface area contributed by atoms with E-state index < -0.39 is 11.7 Å². The van der Waals surface area contributed by atoms with Crippen LogP contribution in [0.1, 0.15) is 34.0 Å². The summed E-state index contributed by atoms with van der Waals surface area (Å²) in [5.74, 6) is 6.51. The van der Waals surface area contributed by atoms with Crippen molar-refractivity contribution in [2.24, 2.45) is 0 Å². The molecule has 0 spiro atoms. The maximum atomic E-state index is 13.1. The fourth-order valence-corrected chi connectivity index (χ4v) is 2.81. The first-order chi connectivity index (χ1) is 12.6. The summed E-state index contributed by atoms with van der Waals surface area (Å²) in [5, 5.41) is 0.323. The van der Waals surface area contributed by atoms with E-state index >= 15 is 0 Å². The van der Waals surface area contributed by atoms with Crippen molar-refractivity contribution in [1.82, 2.24) is 19.5 Å². The van der Waals surface area contributed by atoms with E-state index in [1.165, 1.54) is 6.92 Å². The molecule has 3 rings (SSSR count). The van der Waals surface area contributed by atoms with Crippen molar-refractivity contribution in [3.63, 3.8) is 0 Å². The Morgan fingerprint density at radius 2 is 1.78 bits per heavy atom. The zero-order valence-corrected chi connectivity index (χ0v) is 15.4. The van der Waals surface area contributed by atoms with Gasteiger partial charge in [0.15, 0.2) is 0 Å². The zero-order valence-electron chi connectivity index (χ0n) is 14.7. The van der Waals surface area contributed by atoms with Crippen LogP contribution >= 0.6 is 11.6 Å². The number of hydrogen-bond donors (Lipinski definition) is 0. The number of aromatic nitrogens is 4. The highest BCUT2D eigenvalue weighted by Crippen LogP contribution is 2.31. The number of pyridine rings is 2. The van der Waals surface area contributed by atoms with Crippen LogP contribution in [0, 0.1) is 32.6 Å². The second-order valence-electron chi connectivity index (χ2n) is 5.90. The monoisotopic (exact) mass is 390 g/mol. The Morgan fingerprint density at radius 3 is 2.44 bits per heavy atom. The first-order valence-electron chi connectivity index (χ1n) is 7.91. The van der Waals surface area contributed by atoms with Gasteiger partial charge in [0.1, 0.15) is 22.5 Å². The van der Waals surface area contributed by atoms with Crippen LogP contribution in [0.3, 0.4) is 0 Å². The van der Waals surface area contributed by atoms with E-state index in [0.29, 0.717) is 27.9 Å². The summed E-state index contributed by atoms with van der Waals surface area (Å²) in [6.45, 7) is 4.95. The standard InChI is InChI=1S/C19H14ClF3N4/c1-11-8-15(19(21,22)23)10-18(25-11)27-12(2)16(26-13(27)3)5-4-14-6-7-24-17(20)9-14/h6-10H,1-3H3. The van der Waals surface area contributed by atoms with Gasteiger partial charge < -0.3 is 0 Å². The van der Waals surface area contributed by atoms with Crippen molar-refractivity contribution in [2.45, 2.75) is 26.9 Å². The summed E-state index contributed by atoms with van der Waals surface area (Å²) in [5.41, 5.74) is 1.24. The van der Waals surface area contributed by atoms with E-state index in [0.717, 1.165) is 12.1 Å². The van der Waals surface area contributed by atoms with E-state index in [9.17, 15) is 13.2 Å². The highest BCUT2D eigenvalue weighted by molar-refractivity contribution is 6.29. The van der Waals surface area contributed by atoms with Gasteiger partial charge in [-0.05, 0) is 51.0 Å². The van der Waals surface area contributed by atoms with E-state index in [1.807, 2.05) is 0 Å². The highest BCUT2D eigenvalue weighted by Gasteiger charge is 2.31. The molecule has 0 radical (unpaired) electrons. The third-order valence-electron chi connectivity index (χ3n) is 3.82. The second kappa shape index (κ2) is 7.05. The SMILES string of the molecule is Cc1cc(C(F)(F)F)cc(-n2c(C)nc(C#Cc3ccnc(Cl)c3)c2C)n1.